The molecule has 3 aromatic carbocycles. The number of aromatic amines is 1. The first-order valence-corrected chi connectivity index (χ1v) is 16.6. The first-order chi connectivity index (χ1) is 21.9. The number of thioether (sulfide) groups is 1. The van der Waals surface area contributed by atoms with E-state index in [-0.39, 0.29) is 40.6 Å². The van der Waals surface area contributed by atoms with Crippen LogP contribution in [0, 0.1) is 22.5 Å². The van der Waals surface area contributed by atoms with Crippen LogP contribution in [0.4, 0.5) is 8.78 Å². The van der Waals surface area contributed by atoms with E-state index in [0.717, 1.165) is 46.4 Å². The maximum atomic E-state index is 15.5. The van der Waals surface area contributed by atoms with Crippen molar-refractivity contribution in [2.75, 3.05) is 11.5 Å². The predicted molar refractivity (Wildman–Crippen MR) is 182 cm³/mol. The van der Waals surface area contributed by atoms with Crippen molar-refractivity contribution >= 4 is 40.3 Å². The molecule has 2 heterocycles. The zero-order chi connectivity index (χ0) is 33.1. The maximum absolute atomic E-state index is 15.5. The molecule has 1 aromatic heterocycles. The van der Waals surface area contributed by atoms with Gasteiger partial charge in [0.25, 0.3) is 0 Å². The molecule has 0 radical (unpaired) electrons. The largest absolute Gasteiger partial charge is 0.481 e. The summed E-state index contributed by atoms with van der Waals surface area (Å²) in [5.41, 5.74) is 8.89. The standard InChI is InChI=1S/C36H40F2N4O3S/c1-35(2)14-5-15-36(3,23-7-4-6-22(18-23)8-11-31(43)44)34(40)42-33(39)27-19-24(9-10-28(27)37)45-32-26(13-17-46-21-35)25-12-16-41-30(25)20-29(32)38/h4,6-7,9-10,12,16,18-20,41H,5,8,11,13-15,17,21H2,1-3H3,(H,43,44)(H3,39,40,42). The quantitative estimate of drug-likeness (QED) is 0.177. The molecule has 0 fully saturated rings. The van der Waals surface area contributed by atoms with Crippen molar-refractivity contribution in [1.29, 1.82) is 5.41 Å². The minimum absolute atomic E-state index is 0.00235. The van der Waals surface area contributed by atoms with Crippen LogP contribution < -0.4 is 10.5 Å². The summed E-state index contributed by atoms with van der Waals surface area (Å²) < 4.78 is 36.8. The van der Waals surface area contributed by atoms with E-state index in [1.165, 1.54) is 24.3 Å². The second-order valence-electron chi connectivity index (χ2n) is 12.9. The first-order valence-electron chi connectivity index (χ1n) is 15.4. The van der Waals surface area contributed by atoms with Crippen LogP contribution in [0.15, 0.2) is 65.8 Å². The number of carbonyl (C=O) groups is 1. The fraction of sp³-hybridized carbons (Fsp3) is 0.361. The van der Waals surface area contributed by atoms with Crippen molar-refractivity contribution in [2.24, 2.45) is 16.1 Å². The monoisotopic (exact) mass is 646 g/mol. The molecule has 1 aliphatic heterocycles. The smallest absolute Gasteiger partial charge is 0.303 e. The van der Waals surface area contributed by atoms with Crippen LogP contribution in [0.2, 0.25) is 0 Å². The van der Waals surface area contributed by atoms with E-state index in [9.17, 15) is 9.90 Å². The molecule has 242 valence electrons. The molecule has 4 aromatic rings. The number of carboxylic acid groups (broad SMARTS) is 1. The summed E-state index contributed by atoms with van der Waals surface area (Å²) >= 11 is 1.81. The van der Waals surface area contributed by atoms with Gasteiger partial charge in [-0.3, -0.25) is 10.2 Å². The van der Waals surface area contributed by atoms with Crippen molar-refractivity contribution in [3.63, 3.8) is 0 Å². The molecule has 46 heavy (non-hydrogen) atoms. The number of hydrogen-bond donors (Lipinski definition) is 4. The number of halogens is 2. The van der Waals surface area contributed by atoms with E-state index in [4.69, 9.17) is 15.9 Å². The fourth-order valence-corrected chi connectivity index (χ4v) is 7.20. The Hall–Kier alpha value is -4.18. The molecule has 0 saturated carbocycles. The van der Waals surface area contributed by atoms with Crippen molar-refractivity contribution in [3.8, 4) is 11.5 Å². The van der Waals surface area contributed by atoms with Crippen molar-refractivity contribution < 1.29 is 23.4 Å². The van der Waals surface area contributed by atoms with Gasteiger partial charge in [-0.1, -0.05) is 44.5 Å². The Bertz CT molecular complexity index is 1800. The summed E-state index contributed by atoms with van der Waals surface area (Å²) in [6.07, 6.45) is 5.04. The van der Waals surface area contributed by atoms with Crippen LogP contribution in [-0.2, 0) is 23.1 Å². The number of benzene rings is 3. The number of rotatable bonds is 4. The summed E-state index contributed by atoms with van der Waals surface area (Å²) in [5.74, 6) is -0.417. The lowest BCUT2D eigenvalue weighted by Gasteiger charge is -2.32. The van der Waals surface area contributed by atoms with Gasteiger partial charge in [0.05, 0.1) is 5.56 Å². The molecule has 5 rings (SSSR count). The zero-order valence-electron chi connectivity index (χ0n) is 26.4. The van der Waals surface area contributed by atoms with E-state index >= 15 is 8.78 Å². The van der Waals surface area contributed by atoms with E-state index in [1.54, 1.807) is 6.20 Å². The van der Waals surface area contributed by atoms with Crippen LogP contribution in [-0.4, -0.2) is 39.2 Å². The molecule has 0 spiro atoms. The number of nitrogens with zero attached hydrogens (tertiary/aromatic N) is 1. The van der Waals surface area contributed by atoms with Crippen LogP contribution in [0.1, 0.15) is 68.7 Å². The number of amidine groups is 2. The van der Waals surface area contributed by atoms with Crippen LogP contribution >= 0.6 is 11.8 Å². The summed E-state index contributed by atoms with van der Waals surface area (Å²) in [6.45, 7) is 6.42. The predicted octanol–water partition coefficient (Wildman–Crippen LogP) is 8.38. The van der Waals surface area contributed by atoms with Crippen molar-refractivity contribution in [1.82, 2.24) is 4.98 Å². The average molecular weight is 647 g/mol. The summed E-state index contributed by atoms with van der Waals surface area (Å²) in [6, 6.07) is 14.9. The van der Waals surface area contributed by atoms with E-state index in [2.05, 4.69) is 23.8 Å². The minimum atomic E-state index is -0.875. The Kier molecular flexibility index (Phi) is 9.86. The third kappa shape index (κ3) is 7.44. The molecule has 10 heteroatoms. The van der Waals surface area contributed by atoms with Gasteiger partial charge in [-0.25, -0.2) is 13.8 Å². The minimum Gasteiger partial charge on any atom is -0.481 e. The number of hydrogen-bond acceptors (Lipinski definition) is 5. The lowest BCUT2D eigenvalue weighted by atomic mass is 9.75. The molecule has 0 amide bonds. The van der Waals surface area contributed by atoms with Crippen LogP contribution in [0.5, 0.6) is 11.5 Å². The summed E-state index contributed by atoms with van der Waals surface area (Å²) in [7, 11) is 0. The maximum Gasteiger partial charge on any atom is 0.303 e. The molecule has 0 aliphatic carbocycles. The Labute approximate surface area is 272 Å². The number of aryl methyl sites for hydroxylation is 2. The number of aromatic nitrogens is 1. The second-order valence-corrected chi connectivity index (χ2v) is 14.0. The lowest BCUT2D eigenvalue weighted by molar-refractivity contribution is -0.136. The number of carboxylic acids is 1. The molecular formula is C36H40F2N4O3S. The molecule has 7 nitrogen and oxygen atoms in total. The SMILES string of the molecule is CC1(C)CCCC(C)(c2cccc(CCC(=O)O)c2)/C(N)=N/C(=N)c2cc(ccc2F)Oc2c(F)cc3[nH]ccc3c2CCSC1. The van der Waals surface area contributed by atoms with Crippen molar-refractivity contribution in [2.45, 2.75) is 64.7 Å². The summed E-state index contributed by atoms with van der Waals surface area (Å²) in [4.78, 5) is 18.7. The number of aliphatic carboxylic acids is 1. The number of ether oxygens (including phenoxy) is 1. The Morgan fingerprint density at radius 3 is 2.70 bits per heavy atom. The van der Waals surface area contributed by atoms with Gasteiger partial charge in [-0.2, -0.15) is 11.8 Å². The molecule has 5 N–H and O–H groups in total. The van der Waals surface area contributed by atoms with E-state index in [0.29, 0.717) is 24.8 Å². The Morgan fingerprint density at radius 2 is 1.91 bits per heavy atom. The molecule has 1 aliphatic rings. The molecular weight excluding hydrogens is 606 g/mol. The third-order valence-corrected chi connectivity index (χ3v) is 10.3. The Balaban J connectivity index is 1.57. The highest BCUT2D eigenvalue weighted by molar-refractivity contribution is 7.99. The van der Waals surface area contributed by atoms with E-state index < -0.39 is 23.0 Å². The number of nitrogens with two attached hydrogens (primary N) is 1. The average Bonchev–Trinajstić information content (AvgIpc) is 3.47. The highest BCUT2D eigenvalue weighted by atomic mass is 32.2. The van der Waals surface area contributed by atoms with Crippen LogP contribution in [0.3, 0.4) is 0 Å². The topological polar surface area (TPSA) is 125 Å². The lowest BCUT2D eigenvalue weighted by Crippen LogP contribution is -2.40. The Morgan fingerprint density at radius 1 is 1.11 bits per heavy atom. The first kappa shape index (κ1) is 33.2. The zero-order valence-corrected chi connectivity index (χ0v) is 27.2. The third-order valence-electron chi connectivity index (χ3n) is 8.79. The van der Waals surface area contributed by atoms with Gasteiger partial charge in [-0.15, -0.1) is 0 Å². The van der Waals surface area contributed by atoms with Gasteiger partial charge in [0, 0.05) is 40.6 Å². The van der Waals surface area contributed by atoms with Gasteiger partial charge in [-0.05, 0) is 84.9 Å². The number of fused-ring (bicyclic) bond motifs is 5. The highest BCUT2D eigenvalue weighted by Gasteiger charge is 2.33. The van der Waals surface area contributed by atoms with Gasteiger partial charge >= 0.3 is 5.97 Å². The highest BCUT2D eigenvalue weighted by Crippen LogP contribution is 2.38. The number of H-pyrrole nitrogens is 1. The molecule has 1 unspecified atom stereocenters. The van der Waals surface area contributed by atoms with Crippen LogP contribution in [0.25, 0.3) is 10.9 Å². The summed E-state index contributed by atoms with van der Waals surface area (Å²) in [5, 5.41) is 18.9. The fourth-order valence-electron chi connectivity index (χ4n) is 6.01. The van der Waals surface area contributed by atoms with Gasteiger partial charge in [0.15, 0.2) is 17.4 Å². The number of aliphatic imine (C=N–C) groups is 1. The molecule has 2 bridgehead atoms. The van der Waals surface area contributed by atoms with Gasteiger partial charge in [0.1, 0.15) is 17.4 Å². The molecule has 0 saturated heterocycles. The number of nitrogens with one attached hydrogen (secondary N) is 2. The van der Waals surface area contributed by atoms with E-state index in [1.807, 2.05) is 49.0 Å². The second kappa shape index (κ2) is 13.7. The van der Waals surface area contributed by atoms with Crippen molar-refractivity contribution in [3.05, 3.63) is 94.7 Å². The van der Waals surface area contributed by atoms with Gasteiger partial charge in [0.2, 0.25) is 0 Å². The van der Waals surface area contributed by atoms with Gasteiger partial charge < -0.3 is 20.6 Å². The molecule has 1 atom stereocenters. The normalized spacial score (nSPS) is 20.5.